The topological polar surface area (TPSA) is 66.4 Å². The number of carbonyl (C=O) groups is 2. The molecule has 1 atom stereocenters. The summed E-state index contributed by atoms with van der Waals surface area (Å²) < 4.78 is 0.601. The van der Waals surface area contributed by atoms with Gasteiger partial charge in [-0.25, -0.2) is 4.79 Å². The first-order valence-corrected chi connectivity index (χ1v) is 7.39. The number of hydrogen-bond donors (Lipinski definition) is 2. The highest BCUT2D eigenvalue weighted by Gasteiger charge is 2.33. The van der Waals surface area contributed by atoms with Crippen LogP contribution in [-0.4, -0.2) is 23.0 Å². The van der Waals surface area contributed by atoms with Gasteiger partial charge < -0.3 is 10.4 Å². The molecular formula is C14H18ClNO3S. The highest BCUT2D eigenvalue weighted by Crippen LogP contribution is 2.32. The van der Waals surface area contributed by atoms with Crippen LogP contribution in [0.4, 0.5) is 0 Å². The largest absolute Gasteiger partial charge is 0.480 e. The van der Waals surface area contributed by atoms with Gasteiger partial charge in [0, 0.05) is 4.88 Å². The highest BCUT2D eigenvalue weighted by atomic mass is 35.5. The monoisotopic (exact) mass is 315 g/mol. The Labute approximate surface area is 127 Å². The summed E-state index contributed by atoms with van der Waals surface area (Å²) in [7, 11) is 0. The zero-order valence-electron chi connectivity index (χ0n) is 11.6. The molecule has 0 saturated carbocycles. The maximum atomic E-state index is 12.3. The van der Waals surface area contributed by atoms with E-state index in [0.29, 0.717) is 4.34 Å². The summed E-state index contributed by atoms with van der Waals surface area (Å²) in [6.45, 7) is 5.30. The summed E-state index contributed by atoms with van der Waals surface area (Å²) in [5.41, 5.74) is -0.818. The summed E-state index contributed by atoms with van der Waals surface area (Å²) in [5.74, 6) is -1.37. The standard InChI is InChI=1S/C14H18ClNO3S/c1-4-5-6-9(12(17)18)16-13(19)14(2,3)10-7-8-11(15)20-10/h4-5,7-9H,6H2,1-3H3,(H,16,19)(H,17,18)/b5-4+. The number of carboxylic acids is 1. The minimum atomic E-state index is -1.04. The van der Waals surface area contributed by atoms with Gasteiger partial charge in [0.2, 0.25) is 5.91 Å². The molecule has 1 rings (SSSR count). The fraction of sp³-hybridized carbons (Fsp3) is 0.429. The molecule has 0 aliphatic heterocycles. The lowest BCUT2D eigenvalue weighted by atomic mass is 9.90. The van der Waals surface area contributed by atoms with E-state index >= 15 is 0 Å². The van der Waals surface area contributed by atoms with Gasteiger partial charge in [-0.1, -0.05) is 23.8 Å². The number of carboxylic acid groups (broad SMARTS) is 1. The Bertz CT molecular complexity index is 522. The van der Waals surface area contributed by atoms with Crippen molar-refractivity contribution in [3.8, 4) is 0 Å². The van der Waals surface area contributed by atoms with Crippen molar-refractivity contribution in [2.75, 3.05) is 0 Å². The number of aliphatic carboxylic acids is 1. The Hall–Kier alpha value is -1.33. The third-order valence-electron chi connectivity index (χ3n) is 2.97. The molecule has 0 aliphatic rings. The molecule has 0 aromatic carbocycles. The molecule has 110 valence electrons. The first kappa shape index (κ1) is 16.7. The van der Waals surface area contributed by atoms with Crippen LogP contribution in [0.15, 0.2) is 24.3 Å². The van der Waals surface area contributed by atoms with Crippen LogP contribution < -0.4 is 5.32 Å². The molecule has 0 bridgehead atoms. The lowest BCUT2D eigenvalue weighted by molar-refractivity contribution is -0.142. The predicted octanol–water partition coefficient (Wildman–Crippen LogP) is 3.21. The van der Waals surface area contributed by atoms with E-state index < -0.39 is 17.4 Å². The third-order valence-corrected chi connectivity index (χ3v) is 4.52. The molecule has 1 amide bonds. The third kappa shape index (κ3) is 4.08. The van der Waals surface area contributed by atoms with Gasteiger partial charge in [-0.2, -0.15) is 0 Å². The van der Waals surface area contributed by atoms with Crippen LogP contribution >= 0.6 is 22.9 Å². The molecule has 0 fully saturated rings. The molecule has 0 spiro atoms. The van der Waals surface area contributed by atoms with E-state index in [2.05, 4.69) is 5.32 Å². The number of halogens is 1. The first-order valence-electron chi connectivity index (χ1n) is 6.19. The second kappa shape index (κ2) is 6.90. The second-order valence-corrected chi connectivity index (χ2v) is 6.61. The van der Waals surface area contributed by atoms with Gasteiger partial charge in [0.1, 0.15) is 6.04 Å². The van der Waals surface area contributed by atoms with E-state index in [9.17, 15) is 9.59 Å². The molecule has 1 unspecified atom stereocenters. The van der Waals surface area contributed by atoms with Crippen LogP contribution in [0.5, 0.6) is 0 Å². The maximum absolute atomic E-state index is 12.3. The van der Waals surface area contributed by atoms with Crippen molar-refractivity contribution in [3.05, 3.63) is 33.5 Å². The number of rotatable bonds is 6. The molecule has 1 heterocycles. The summed E-state index contributed by atoms with van der Waals surface area (Å²) in [5, 5.41) is 11.7. The zero-order valence-corrected chi connectivity index (χ0v) is 13.2. The molecule has 0 saturated heterocycles. The number of allylic oxidation sites excluding steroid dienone is 1. The Morgan fingerprint density at radius 3 is 2.60 bits per heavy atom. The van der Waals surface area contributed by atoms with Gasteiger partial charge in [-0.15, -0.1) is 11.3 Å². The molecule has 1 aromatic heterocycles. The summed E-state index contributed by atoms with van der Waals surface area (Å²) in [6.07, 6.45) is 3.74. The molecule has 0 aliphatic carbocycles. The highest BCUT2D eigenvalue weighted by molar-refractivity contribution is 7.16. The molecule has 20 heavy (non-hydrogen) atoms. The minimum Gasteiger partial charge on any atom is -0.480 e. The molecule has 6 heteroatoms. The van der Waals surface area contributed by atoms with Crippen LogP contribution in [0.25, 0.3) is 0 Å². The van der Waals surface area contributed by atoms with Gasteiger partial charge in [-0.3, -0.25) is 4.79 Å². The van der Waals surface area contributed by atoms with Gasteiger partial charge in [0.25, 0.3) is 0 Å². The zero-order chi connectivity index (χ0) is 15.3. The van der Waals surface area contributed by atoms with Crippen molar-refractivity contribution >= 4 is 34.8 Å². The van der Waals surface area contributed by atoms with E-state index in [1.807, 2.05) is 0 Å². The molecule has 4 nitrogen and oxygen atoms in total. The van der Waals surface area contributed by atoms with E-state index in [1.165, 1.54) is 11.3 Å². The van der Waals surface area contributed by atoms with Crippen molar-refractivity contribution in [3.63, 3.8) is 0 Å². The van der Waals surface area contributed by atoms with Crippen LogP contribution in [0.2, 0.25) is 4.34 Å². The Kier molecular flexibility index (Phi) is 5.77. The van der Waals surface area contributed by atoms with Crippen LogP contribution in [0, 0.1) is 0 Å². The first-order chi connectivity index (χ1) is 9.28. The Morgan fingerprint density at radius 1 is 1.50 bits per heavy atom. The van der Waals surface area contributed by atoms with Crippen LogP contribution in [0.1, 0.15) is 32.1 Å². The van der Waals surface area contributed by atoms with Crippen molar-refractivity contribution in [1.29, 1.82) is 0 Å². The smallest absolute Gasteiger partial charge is 0.326 e. The van der Waals surface area contributed by atoms with Gasteiger partial charge in [0.15, 0.2) is 0 Å². The SMILES string of the molecule is C/C=C/CC(NC(=O)C(C)(C)c1ccc(Cl)s1)C(=O)O. The Balaban J connectivity index is 2.84. The number of nitrogens with one attached hydrogen (secondary N) is 1. The minimum absolute atomic E-state index is 0.263. The number of hydrogen-bond acceptors (Lipinski definition) is 3. The van der Waals surface area contributed by atoms with E-state index in [1.54, 1.807) is 45.1 Å². The van der Waals surface area contributed by atoms with Crippen LogP contribution in [0.3, 0.4) is 0 Å². The average molecular weight is 316 g/mol. The maximum Gasteiger partial charge on any atom is 0.326 e. The van der Waals surface area contributed by atoms with Crippen LogP contribution in [-0.2, 0) is 15.0 Å². The fourth-order valence-corrected chi connectivity index (χ4v) is 2.74. The quantitative estimate of drug-likeness (QED) is 0.792. The summed E-state index contributed by atoms with van der Waals surface area (Å²) in [6, 6.07) is 2.59. The molecular weight excluding hydrogens is 298 g/mol. The molecule has 0 radical (unpaired) electrons. The lowest BCUT2D eigenvalue weighted by Crippen LogP contribution is -2.47. The second-order valence-electron chi connectivity index (χ2n) is 4.90. The van der Waals surface area contributed by atoms with Crippen molar-refractivity contribution in [1.82, 2.24) is 5.32 Å². The lowest BCUT2D eigenvalue weighted by Gasteiger charge is -2.24. The van der Waals surface area contributed by atoms with Crippen molar-refractivity contribution < 1.29 is 14.7 Å². The molecule has 2 N–H and O–H groups in total. The van der Waals surface area contributed by atoms with Crippen molar-refractivity contribution in [2.45, 2.75) is 38.6 Å². The van der Waals surface area contributed by atoms with E-state index in [-0.39, 0.29) is 12.3 Å². The summed E-state index contributed by atoms with van der Waals surface area (Å²) in [4.78, 5) is 24.3. The van der Waals surface area contributed by atoms with Gasteiger partial charge in [-0.05, 0) is 39.3 Å². The average Bonchev–Trinajstić information content (AvgIpc) is 2.81. The molecule has 1 aromatic rings. The summed E-state index contributed by atoms with van der Waals surface area (Å²) >= 11 is 7.20. The number of thiophene rings is 1. The Morgan fingerprint density at radius 2 is 2.15 bits per heavy atom. The van der Waals surface area contributed by atoms with E-state index in [4.69, 9.17) is 16.7 Å². The van der Waals surface area contributed by atoms with Gasteiger partial charge >= 0.3 is 5.97 Å². The normalized spacial score (nSPS) is 13.4. The number of carbonyl (C=O) groups excluding carboxylic acids is 1. The van der Waals surface area contributed by atoms with E-state index in [0.717, 1.165) is 4.88 Å². The predicted molar refractivity (Wildman–Crippen MR) is 81.4 cm³/mol. The van der Waals surface area contributed by atoms with Crippen molar-refractivity contribution in [2.24, 2.45) is 0 Å². The number of amides is 1. The van der Waals surface area contributed by atoms with Gasteiger partial charge in [0.05, 0.1) is 9.75 Å². The fourth-order valence-electron chi connectivity index (χ4n) is 1.59.